The van der Waals surface area contributed by atoms with E-state index in [9.17, 15) is 0 Å². The molecule has 3 heteroatoms. The third kappa shape index (κ3) is 3.21. The van der Waals surface area contributed by atoms with Gasteiger partial charge in [-0.25, -0.2) is 4.98 Å². The molecule has 1 aliphatic carbocycles. The molecule has 1 aromatic heterocycles. The average molecular weight is 283 g/mol. The predicted octanol–water partition coefficient (Wildman–Crippen LogP) is 4.22. The zero-order valence-electron chi connectivity index (χ0n) is 9.75. The Kier molecular flexibility index (Phi) is 4.22. The third-order valence-electron chi connectivity index (χ3n) is 3.42. The number of halogens is 1. The van der Waals surface area contributed by atoms with Gasteiger partial charge in [-0.1, -0.05) is 26.2 Å². The van der Waals surface area contributed by atoms with E-state index in [1.807, 2.05) is 18.3 Å². The van der Waals surface area contributed by atoms with Crippen molar-refractivity contribution in [1.82, 2.24) is 4.98 Å². The van der Waals surface area contributed by atoms with Gasteiger partial charge in [0.2, 0.25) is 0 Å². The number of anilines is 1. The van der Waals surface area contributed by atoms with E-state index in [1.54, 1.807) is 0 Å². The summed E-state index contributed by atoms with van der Waals surface area (Å²) >= 11 is 3.40. The minimum atomic E-state index is 0.594. The van der Waals surface area contributed by atoms with E-state index in [-0.39, 0.29) is 0 Å². The molecule has 1 fully saturated rings. The number of rotatable bonds is 2. The highest BCUT2D eigenvalue weighted by Crippen LogP contribution is 2.25. The highest BCUT2D eigenvalue weighted by molar-refractivity contribution is 9.10. The normalized spacial score (nSPS) is 26.1. The van der Waals surface area contributed by atoms with Crippen LogP contribution < -0.4 is 5.32 Å². The monoisotopic (exact) mass is 282 g/mol. The number of aromatic nitrogens is 1. The Bertz CT molecular complexity index is 323. The Morgan fingerprint density at radius 3 is 2.81 bits per heavy atom. The molecule has 2 nitrogen and oxygen atoms in total. The molecule has 0 amide bonds. The molecule has 16 heavy (non-hydrogen) atoms. The minimum Gasteiger partial charge on any atom is -0.367 e. The van der Waals surface area contributed by atoms with Crippen LogP contribution in [0.2, 0.25) is 0 Å². The molecule has 88 valence electrons. The van der Waals surface area contributed by atoms with E-state index in [0.29, 0.717) is 6.04 Å². The van der Waals surface area contributed by atoms with Gasteiger partial charge in [-0.05, 0) is 46.8 Å². The molecule has 2 atom stereocenters. The summed E-state index contributed by atoms with van der Waals surface area (Å²) in [6, 6.07) is 4.68. The largest absolute Gasteiger partial charge is 0.367 e. The van der Waals surface area contributed by atoms with Gasteiger partial charge in [0.05, 0.1) is 0 Å². The molecule has 0 saturated heterocycles. The highest BCUT2D eigenvalue weighted by atomic mass is 79.9. The molecular formula is C13H19BrN2. The maximum Gasteiger partial charge on any atom is 0.126 e. The van der Waals surface area contributed by atoms with Crippen LogP contribution in [0.4, 0.5) is 5.82 Å². The van der Waals surface area contributed by atoms with E-state index in [1.165, 1.54) is 32.1 Å². The summed E-state index contributed by atoms with van der Waals surface area (Å²) in [6.07, 6.45) is 8.58. The SMILES string of the molecule is CC1CCCCCC1Nc1ccc(Br)cn1. The van der Waals surface area contributed by atoms with Gasteiger partial charge in [-0.3, -0.25) is 0 Å². The molecule has 0 spiro atoms. The van der Waals surface area contributed by atoms with Crippen LogP contribution in [0.25, 0.3) is 0 Å². The van der Waals surface area contributed by atoms with Crippen molar-refractivity contribution in [2.45, 2.75) is 45.1 Å². The van der Waals surface area contributed by atoms with Crippen LogP contribution in [0.5, 0.6) is 0 Å². The Labute approximate surface area is 106 Å². The van der Waals surface area contributed by atoms with Crippen molar-refractivity contribution >= 4 is 21.7 Å². The van der Waals surface area contributed by atoms with Gasteiger partial charge >= 0.3 is 0 Å². The van der Waals surface area contributed by atoms with Crippen LogP contribution in [0, 0.1) is 5.92 Å². The Balaban J connectivity index is 1.99. The summed E-state index contributed by atoms with van der Waals surface area (Å²) in [5, 5.41) is 3.57. The van der Waals surface area contributed by atoms with Crippen molar-refractivity contribution in [2.24, 2.45) is 5.92 Å². The van der Waals surface area contributed by atoms with E-state index in [0.717, 1.165) is 16.2 Å². The summed E-state index contributed by atoms with van der Waals surface area (Å²) in [5.74, 6) is 1.76. The van der Waals surface area contributed by atoms with Crippen molar-refractivity contribution in [2.75, 3.05) is 5.32 Å². The van der Waals surface area contributed by atoms with Crippen LogP contribution in [-0.2, 0) is 0 Å². The summed E-state index contributed by atoms with van der Waals surface area (Å²) in [4.78, 5) is 4.38. The van der Waals surface area contributed by atoms with Crippen LogP contribution in [0.1, 0.15) is 39.0 Å². The second-order valence-corrected chi connectivity index (χ2v) is 5.64. The zero-order chi connectivity index (χ0) is 11.4. The molecule has 0 aliphatic heterocycles. The van der Waals surface area contributed by atoms with Gasteiger partial charge in [-0.15, -0.1) is 0 Å². The van der Waals surface area contributed by atoms with Crippen molar-refractivity contribution in [1.29, 1.82) is 0 Å². The summed E-state index contributed by atoms with van der Waals surface area (Å²) in [7, 11) is 0. The second-order valence-electron chi connectivity index (χ2n) is 4.73. The highest BCUT2D eigenvalue weighted by Gasteiger charge is 2.19. The van der Waals surface area contributed by atoms with Crippen LogP contribution >= 0.6 is 15.9 Å². The lowest BCUT2D eigenvalue weighted by Crippen LogP contribution is -2.26. The third-order valence-corrected chi connectivity index (χ3v) is 3.89. The number of pyridine rings is 1. The molecule has 1 aliphatic rings. The van der Waals surface area contributed by atoms with Gasteiger partial charge in [-0.2, -0.15) is 0 Å². The summed E-state index contributed by atoms with van der Waals surface area (Å²) in [5.41, 5.74) is 0. The lowest BCUT2D eigenvalue weighted by molar-refractivity contribution is 0.455. The number of nitrogens with one attached hydrogen (secondary N) is 1. The molecular weight excluding hydrogens is 264 g/mol. The predicted molar refractivity (Wildman–Crippen MR) is 71.6 cm³/mol. The number of nitrogens with zero attached hydrogens (tertiary/aromatic N) is 1. The van der Waals surface area contributed by atoms with Crippen molar-refractivity contribution in [3.8, 4) is 0 Å². The average Bonchev–Trinajstić information content (AvgIpc) is 2.48. The molecule has 2 rings (SSSR count). The number of hydrogen-bond donors (Lipinski definition) is 1. The first-order valence-corrected chi connectivity index (χ1v) is 6.93. The lowest BCUT2D eigenvalue weighted by Gasteiger charge is -2.23. The first kappa shape index (κ1) is 11.9. The van der Waals surface area contributed by atoms with Gasteiger partial charge in [0.25, 0.3) is 0 Å². The fourth-order valence-electron chi connectivity index (χ4n) is 2.36. The fraction of sp³-hybridized carbons (Fsp3) is 0.615. The number of hydrogen-bond acceptors (Lipinski definition) is 2. The van der Waals surface area contributed by atoms with Crippen molar-refractivity contribution < 1.29 is 0 Å². The fourth-order valence-corrected chi connectivity index (χ4v) is 2.59. The first-order chi connectivity index (χ1) is 7.75. The maximum absolute atomic E-state index is 4.38. The van der Waals surface area contributed by atoms with E-state index in [2.05, 4.69) is 33.2 Å². The van der Waals surface area contributed by atoms with Crippen LogP contribution in [-0.4, -0.2) is 11.0 Å². The summed E-state index contributed by atoms with van der Waals surface area (Å²) < 4.78 is 1.03. The maximum atomic E-state index is 4.38. The van der Waals surface area contributed by atoms with E-state index >= 15 is 0 Å². The molecule has 0 aromatic carbocycles. The minimum absolute atomic E-state index is 0.594. The Hall–Kier alpha value is -0.570. The molecule has 0 bridgehead atoms. The van der Waals surface area contributed by atoms with Gasteiger partial charge in [0.1, 0.15) is 5.82 Å². The smallest absolute Gasteiger partial charge is 0.126 e. The van der Waals surface area contributed by atoms with Gasteiger partial charge < -0.3 is 5.32 Å². The Morgan fingerprint density at radius 1 is 1.25 bits per heavy atom. The Morgan fingerprint density at radius 2 is 2.06 bits per heavy atom. The zero-order valence-corrected chi connectivity index (χ0v) is 11.3. The molecule has 1 N–H and O–H groups in total. The van der Waals surface area contributed by atoms with Crippen LogP contribution in [0.3, 0.4) is 0 Å². The quantitative estimate of drug-likeness (QED) is 0.822. The van der Waals surface area contributed by atoms with Crippen LogP contribution in [0.15, 0.2) is 22.8 Å². The topological polar surface area (TPSA) is 24.9 Å². The van der Waals surface area contributed by atoms with Gasteiger partial charge in [0.15, 0.2) is 0 Å². The van der Waals surface area contributed by atoms with E-state index in [4.69, 9.17) is 0 Å². The van der Waals surface area contributed by atoms with E-state index < -0.39 is 0 Å². The second kappa shape index (κ2) is 5.67. The molecule has 1 aromatic rings. The first-order valence-electron chi connectivity index (χ1n) is 6.14. The lowest BCUT2D eigenvalue weighted by atomic mass is 9.97. The summed E-state index contributed by atoms with van der Waals surface area (Å²) in [6.45, 7) is 2.35. The van der Waals surface area contributed by atoms with Gasteiger partial charge in [0, 0.05) is 16.7 Å². The molecule has 1 saturated carbocycles. The van der Waals surface area contributed by atoms with Crippen molar-refractivity contribution in [3.05, 3.63) is 22.8 Å². The standard InChI is InChI=1S/C13H19BrN2/c1-10-5-3-2-4-6-12(10)16-13-8-7-11(14)9-15-13/h7-10,12H,2-6H2,1H3,(H,15,16). The van der Waals surface area contributed by atoms with Crippen molar-refractivity contribution in [3.63, 3.8) is 0 Å². The molecule has 1 heterocycles. The molecule has 0 radical (unpaired) electrons. The molecule has 2 unspecified atom stereocenters.